The van der Waals surface area contributed by atoms with Crippen molar-refractivity contribution in [2.24, 2.45) is 0 Å². The van der Waals surface area contributed by atoms with Gasteiger partial charge in [-0.2, -0.15) is 0 Å². The van der Waals surface area contributed by atoms with Crippen molar-refractivity contribution in [1.29, 1.82) is 0 Å². The van der Waals surface area contributed by atoms with Crippen LogP contribution in [0.25, 0.3) is 11.1 Å². The van der Waals surface area contributed by atoms with E-state index < -0.39 is 67.4 Å². The van der Waals surface area contributed by atoms with Crippen LogP contribution in [0.2, 0.25) is 0 Å². The van der Waals surface area contributed by atoms with Crippen molar-refractivity contribution < 1.29 is 62.2 Å². The number of aliphatic carboxylic acids is 1. The minimum absolute atomic E-state index is 0.0156. The Kier molecular flexibility index (Phi) is 30.9. The lowest BCUT2D eigenvalue weighted by Gasteiger charge is -2.45. The Morgan fingerprint density at radius 3 is 1.44 bits per heavy atom. The van der Waals surface area contributed by atoms with Gasteiger partial charge in [-0.1, -0.05) is 204 Å². The van der Waals surface area contributed by atoms with Gasteiger partial charge in [-0.3, -0.25) is 9.59 Å². The highest BCUT2D eigenvalue weighted by Crippen LogP contribution is 2.44. The quantitative estimate of drug-likeness (QED) is 0.0366. The summed E-state index contributed by atoms with van der Waals surface area (Å²) in [5, 5.41) is 12.1. The van der Waals surface area contributed by atoms with Crippen LogP contribution in [-0.4, -0.2) is 113 Å². The highest BCUT2D eigenvalue weighted by atomic mass is 16.7. The maximum absolute atomic E-state index is 13.0. The number of nitrogens with one attached hydrogen (secondary N) is 1. The number of hydrogen-bond donors (Lipinski definition) is 2. The van der Waals surface area contributed by atoms with Crippen LogP contribution in [-0.2, 0) is 52.3 Å². The van der Waals surface area contributed by atoms with E-state index in [1.807, 2.05) is 48.5 Å². The van der Waals surface area contributed by atoms with Crippen LogP contribution >= 0.6 is 0 Å². The highest BCUT2D eigenvalue weighted by molar-refractivity contribution is 5.82. The summed E-state index contributed by atoms with van der Waals surface area (Å²) in [7, 11) is 3.12. The Bertz CT molecular complexity index is 1760. The van der Waals surface area contributed by atoms with Crippen molar-refractivity contribution in [2.45, 2.75) is 223 Å². The van der Waals surface area contributed by atoms with Gasteiger partial charge < -0.3 is 48.3 Å². The molecular formula is C58H91NO13. The average Bonchev–Trinajstić information content (AvgIpc) is 3.71. The number of amides is 1. The molecule has 2 aliphatic rings. The maximum Gasteiger partial charge on any atom is 0.407 e. The van der Waals surface area contributed by atoms with Gasteiger partial charge in [-0.15, -0.1) is 0 Å². The smallest absolute Gasteiger partial charge is 0.407 e. The third kappa shape index (κ3) is 22.2. The summed E-state index contributed by atoms with van der Waals surface area (Å²) in [6, 6.07) is 14.1. The Balaban J connectivity index is 1.20. The molecule has 0 saturated carbocycles. The summed E-state index contributed by atoms with van der Waals surface area (Å²) in [5.74, 6) is -3.16. The van der Waals surface area contributed by atoms with Gasteiger partial charge in [0.25, 0.3) is 0 Å². The van der Waals surface area contributed by atoms with Crippen molar-refractivity contribution >= 4 is 24.0 Å². The van der Waals surface area contributed by atoms with Crippen LogP contribution in [0, 0.1) is 0 Å². The number of alkyl carbamates (subject to hydrolysis) is 1. The predicted molar refractivity (Wildman–Crippen MR) is 279 cm³/mol. The molecule has 1 aliphatic heterocycles. The Morgan fingerprint density at radius 1 is 0.542 bits per heavy atom. The van der Waals surface area contributed by atoms with Crippen LogP contribution in [0.4, 0.5) is 4.79 Å². The molecule has 406 valence electrons. The molecule has 14 heteroatoms. The molecule has 0 bridgehead atoms. The second-order valence-electron chi connectivity index (χ2n) is 19.7. The molecular weight excluding hydrogens is 919 g/mol. The number of rotatable bonds is 41. The van der Waals surface area contributed by atoms with E-state index in [2.05, 4.69) is 19.2 Å². The van der Waals surface area contributed by atoms with E-state index in [1.165, 1.54) is 122 Å². The lowest BCUT2D eigenvalue weighted by Crippen LogP contribution is -2.61. The van der Waals surface area contributed by atoms with E-state index in [4.69, 9.17) is 37.9 Å². The Labute approximate surface area is 431 Å². The standard InChI is InChI=1S/C58H91NO13/c1-5-7-9-11-13-15-17-19-21-23-25-31-39-67-54-53(65-3)50(72-57(66-4)55(54)68-40-32-26-24-22-20-18-16-14-12-10-8-6-2)43-70-52(61)38-37-51(60)69-42-49(56(62)63)59-58(64)71-41-48-46-35-29-27-33-44(46)45-34-28-30-36-47(45)48/h27-30,33-36,48-50,53-55,57H,5-26,31-32,37-43H2,1-4H3,(H,59,64)(H,62,63)/t49-,50+,53+,54-,55+,57-/m0/s1. The number of unbranched alkanes of at least 4 members (excludes halogenated alkanes) is 22. The fourth-order valence-corrected chi connectivity index (χ4v) is 9.84. The summed E-state index contributed by atoms with van der Waals surface area (Å²) in [6.07, 6.45) is 24.8. The van der Waals surface area contributed by atoms with Gasteiger partial charge in [0.2, 0.25) is 0 Å². The first-order valence-electron chi connectivity index (χ1n) is 27.8. The number of methoxy groups -OCH3 is 2. The Morgan fingerprint density at radius 2 is 0.986 bits per heavy atom. The molecule has 1 aliphatic carbocycles. The lowest BCUT2D eigenvalue weighted by molar-refractivity contribution is -0.314. The molecule has 1 amide bonds. The van der Waals surface area contributed by atoms with Crippen LogP contribution in [0.15, 0.2) is 48.5 Å². The average molecular weight is 1010 g/mol. The first kappa shape index (κ1) is 60.5. The largest absolute Gasteiger partial charge is 0.480 e. The van der Waals surface area contributed by atoms with Gasteiger partial charge in [-0.25, -0.2) is 9.59 Å². The van der Waals surface area contributed by atoms with Crippen LogP contribution < -0.4 is 5.32 Å². The van der Waals surface area contributed by atoms with Gasteiger partial charge in [-0.05, 0) is 35.1 Å². The van der Waals surface area contributed by atoms with Crippen LogP contribution in [0.1, 0.15) is 198 Å². The number of ether oxygens (including phenoxy) is 8. The minimum Gasteiger partial charge on any atom is -0.480 e. The number of carbonyl (C=O) groups excluding carboxylic acids is 3. The second kappa shape index (κ2) is 36.8. The summed E-state index contributed by atoms with van der Waals surface area (Å²) >= 11 is 0. The van der Waals surface area contributed by atoms with Gasteiger partial charge >= 0.3 is 24.0 Å². The van der Waals surface area contributed by atoms with Crippen molar-refractivity contribution in [3.05, 3.63) is 59.7 Å². The number of carbonyl (C=O) groups is 4. The van der Waals surface area contributed by atoms with Crippen molar-refractivity contribution in [3.8, 4) is 11.1 Å². The SMILES string of the molecule is CCCCCCCCCCCCCCO[C@@H]1[C@@H](OCCCCCCCCCCCCCC)[C@@H](OC)O[C@H](COC(=O)CCC(=O)OC[C@H](NC(=O)OCC2c3ccccc3-c3ccccc32)C(=O)O)[C@H]1OC. The molecule has 1 saturated heterocycles. The minimum atomic E-state index is -1.58. The first-order chi connectivity index (χ1) is 35.2. The molecule has 72 heavy (non-hydrogen) atoms. The molecule has 1 heterocycles. The summed E-state index contributed by atoms with van der Waals surface area (Å²) in [5.41, 5.74) is 4.13. The topological polar surface area (TPSA) is 174 Å². The molecule has 1 fully saturated rings. The van der Waals surface area contributed by atoms with Gasteiger partial charge in [0.1, 0.15) is 44.2 Å². The van der Waals surface area contributed by atoms with E-state index in [0.717, 1.165) is 54.4 Å². The molecule has 0 spiro atoms. The number of benzene rings is 2. The number of fused-ring (bicyclic) bond motifs is 3. The molecule has 2 aromatic carbocycles. The molecule has 0 aromatic heterocycles. The van der Waals surface area contributed by atoms with E-state index in [9.17, 15) is 24.3 Å². The maximum atomic E-state index is 13.0. The van der Waals surface area contributed by atoms with Crippen LogP contribution in [0.3, 0.4) is 0 Å². The van der Waals surface area contributed by atoms with Crippen molar-refractivity contribution in [1.82, 2.24) is 5.32 Å². The normalized spacial score (nSPS) is 18.8. The number of esters is 2. The fourth-order valence-electron chi connectivity index (χ4n) is 9.84. The zero-order chi connectivity index (χ0) is 51.6. The van der Waals surface area contributed by atoms with E-state index in [-0.39, 0.29) is 32.0 Å². The summed E-state index contributed by atoms with van der Waals surface area (Å²) < 4.78 is 47.4. The van der Waals surface area contributed by atoms with Gasteiger partial charge in [0, 0.05) is 33.4 Å². The van der Waals surface area contributed by atoms with E-state index >= 15 is 0 Å². The van der Waals surface area contributed by atoms with Crippen LogP contribution in [0.5, 0.6) is 0 Å². The van der Waals surface area contributed by atoms with Crippen molar-refractivity contribution in [2.75, 3.05) is 47.3 Å². The highest BCUT2D eigenvalue weighted by Gasteiger charge is 2.48. The first-order valence-corrected chi connectivity index (χ1v) is 27.8. The molecule has 14 nitrogen and oxygen atoms in total. The Hall–Kier alpha value is -4.08. The van der Waals surface area contributed by atoms with E-state index in [0.29, 0.717) is 13.2 Å². The zero-order valence-electron chi connectivity index (χ0n) is 44.4. The third-order valence-electron chi connectivity index (χ3n) is 14.0. The fraction of sp³-hybridized carbons (Fsp3) is 0.724. The lowest BCUT2D eigenvalue weighted by atomic mass is 9.98. The van der Waals surface area contributed by atoms with E-state index in [1.54, 1.807) is 14.2 Å². The van der Waals surface area contributed by atoms with Crippen molar-refractivity contribution in [3.63, 3.8) is 0 Å². The monoisotopic (exact) mass is 1010 g/mol. The summed E-state index contributed by atoms with van der Waals surface area (Å²) in [6.45, 7) is 4.66. The third-order valence-corrected chi connectivity index (χ3v) is 14.0. The number of carboxylic acid groups (broad SMARTS) is 1. The number of hydrogen-bond acceptors (Lipinski definition) is 12. The second-order valence-corrected chi connectivity index (χ2v) is 19.7. The molecule has 0 radical (unpaired) electrons. The molecule has 6 atom stereocenters. The predicted octanol–water partition coefficient (Wildman–Crippen LogP) is 12.4. The van der Waals surface area contributed by atoms with Gasteiger partial charge in [0.15, 0.2) is 12.3 Å². The molecule has 0 unspecified atom stereocenters. The molecule has 2 N–H and O–H groups in total. The molecule has 2 aromatic rings. The molecule has 4 rings (SSSR count). The summed E-state index contributed by atoms with van der Waals surface area (Å²) in [4.78, 5) is 50.5. The van der Waals surface area contributed by atoms with Gasteiger partial charge in [0.05, 0.1) is 12.8 Å². The number of carboxylic acids is 1. The zero-order valence-corrected chi connectivity index (χ0v) is 44.4.